The zero-order valence-electron chi connectivity index (χ0n) is 17.6. The molecule has 0 bridgehead atoms. The summed E-state index contributed by atoms with van der Waals surface area (Å²) in [5, 5.41) is 4.38. The van der Waals surface area contributed by atoms with Crippen molar-refractivity contribution < 1.29 is 9.53 Å². The third kappa shape index (κ3) is 5.08. The van der Waals surface area contributed by atoms with Crippen LogP contribution in [0.3, 0.4) is 0 Å². The van der Waals surface area contributed by atoms with Gasteiger partial charge in [-0.1, -0.05) is 29.3 Å². The molecular formula is C23H28Cl2N4O2. The summed E-state index contributed by atoms with van der Waals surface area (Å²) < 4.78 is 6.16. The zero-order valence-corrected chi connectivity index (χ0v) is 19.1. The molecule has 3 N–H and O–H groups in total. The fourth-order valence-electron chi connectivity index (χ4n) is 4.65. The van der Waals surface area contributed by atoms with Crippen LogP contribution in [0, 0.1) is 11.8 Å². The minimum Gasteiger partial charge on any atom is -0.474 e. The van der Waals surface area contributed by atoms with Crippen LogP contribution in [0.4, 0.5) is 5.69 Å². The molecule has 31 heavy (non-hydrogen) atoms. The van der Waals surface area contributed by atoms with Crippen LogP contribution < -0.4 is 15.8 Å². The highest BCUT2D eigenvalue weighted by Gasteiger charge is 2.41. The molecule has 2 aliphatic rings. The summed E-state index contributed by atoms with van der Waals surface area (Å²) in [6, 6.07) is 9.27. The Morgan fingerprint density at radius 1 is 1.19 bits per heavy atom. The Morgan fingerprint density at radius 3 is 2.65 bits per heavy atom. The Kier molecular flexibility index (Phi) is 6.89. The lowest BCUT2D eigenvalue weighted by atomic mass is 9.86. The van der Waals surface area contributed by atoms with E-state index in [-0.39, 0.29) is 29.8 Å². The molecule has 0 spiro atoms. The van der Waals surface area contributed by atoms with Crippen LogP contribution >= 0.6 is 23.2 Å². The van der Waals surface area contributed by atoms with Crippen LogP contribution in [0.15, 0.2) is 36.5 Å². The second-order valence-electron chi connectivity index (χ2n) is 8.46. The van der Waals surface area contributed by atoms with Gasteiger partial charge in [0.25, 0.3) is 0 Å². The molecule has 8 heteroatoms. The summed E-state index contributed by atoms with van der Waals surface area (Å²) in [6.07, 6.45) is 3.21. The number of piperidine rings is 1. The van der Waals surface area contributed by atoms with E-state index in [0.29, 0.717) is 34.7 Å². The summed E-state index contributed by atoms with van der Waals surface area (Å²) >= 11 is 12.5. The van der Waals surface area contributed by atoms with Gasteiger partial charge < -0.3 is 20.7 Å². The molecule has 2 saturated heterocycles. The average Bonchev–Trinajstić information content (AvgIpc) is 3.23. The number of nitrogen functional groups attached to an aromatic ring is 1. The van der Waals surface area contributed by atoms with Crippen LogP contribution in [0.1, 0.15) is 31.2 Å². The third-order valence-corrected chi connectivity index (χ3v) is 7.14. The number of rotatable bonds is 5. The molecule has 6 nitrogen and oxygen atoms in total. The highest BCUT2D eigenvalue weighted by atomic mass is 35.5. The van der Waals surface area contributed by atoms with Crippen molar-refractivity contribution in [3.05, 3.63) is 52.1 Å². The molecule has 3 atom stereocenters. The van der Waals surface area contributed by atoms with E-state index in [1.807, 2.05) is 30.0 Å². The minimum atomic E-state index is -0.151. The number of ether oxygens (including phenoxy) is 1. The number of carbonyl (C=O) groups is 1. The van der Waals surface area contributed by atoms with Crippen LogP contribution in [0.5, 0.6) is 5.88 Å². The number of likely N-dealkylation sites (tertiary alicyclic amines) is 1. The quantitative estimate of drug-likeness (QED) is 0.701. The number of anilines is 1. The van der Waals surface area contributed by atoms with Crippen LogP contribution in [-0.4, -0.2) is 48.1 Å². The number of halogens is 2. The van der Waals surface area contributed by atoms with Crippen LogP contribution in [0.2, 0.25) is 10.0 Å². The van der Waals surface area contributed by atoms with E-state index in [0.717, 1.165) is 31.5 Å². The van der Waals surface area contributed by atoms with Crippen molar-refractivity contribution in [1.82, 2.24) is 15.2 Å². The number of nitrogens with one attached hydrogen (secondary N) is 1. The molecular weight excluding hydrogens is 435 g/mol. The number of amides is 1. The van der Waals surface area contributed by atoms with E-state index >= 15 is 0 Å². The summed E-state index contributed by atoms with van der Waals surface area (Å²) in [7, 11) is 0. The van der Waals surface area contributed by atoms with Gasteiger partial charge >= 0.3 is 0 Å². The molecule has 0 saturated carbocycles. The van der Waals surface area contributed by atoms with Crippen molar-refractivity contribution >= 4 is 34.8 Å². The number of benzene rings is 1. The number of carbonyl (C=O) groups excluding carboxylic acids is 1. The number of hydrogen-bond donors (Lipinski definition) is 2. The Hall–Kier alpha value is -2.02. The number of nitrogens with zero attached hydrogens (tertiary/aromatic N) is 2. The topological polar surface area (TPSA) is 80.5 Å². The lowest BCUT2D eigenvalue weighted by molar-refractivity contribution is -0.135. The van der Waals surface area contributed by atoms with E-state index in [2.05, 4.69) is 10.3 Å². The zero-order chi connectivity index (χ0) is 22.0. The highest BCUT2D eigenvalue weighted by molar-refractivity contribution is 6.42. The molecule has 2 aromatic rings. The van der Waals surface area contributed by atoms with E-state index in [1.165, 1.54) is 0 Å². The first-order chi connectivity index (χ1) is 14.9. The van der Waals surface area contributed by atoms with E-state index in [4.69, 9.17) is 33.7 Å². The van der Waals surface area contributed by atoms with E-state index in [1.54, 1.807) is 18.3 Å². The van der Waals surface area contributed by atoms with Gasteiger partial charge in [-0.15, -0.1) is 0 Å². The summed E-state index contributed by atoms with van der Waals surface area (Å²) in [4.78, 5) is 19.5. The SMILES string of the molecule is C[C@H](Oc1ccc(N)cn1)[C@H]1CN(C(=O)C2CCNCC2)C[C@@H]1c1ccc(Cl)c(Cl)c1. The van der Waals surface area contributed by atoms with Crippen molar-refractivity contribution in [2.45, 2.75) is 31.8 Å². The average molecular weight is 463 g/mol. The second-order valence-corrected chi connectivity index (χ2v) is 9.28. The molecule has 2 fully saturated rings. The van der Waals surface area contributed by atoms with Gasteiger partial charge in [-0.05, 0) is 56.6 Å². The molecule has 0 unspecified atom stereocenters. The maximum Gasteiger partial charge on any atom is 0.225 e. The molecule has 166 valence electrons. The first-order valence-electron chi connectivity index (χ1n) is 10.7. The summed E-state index contributed by atoms with van der Waals surface area (Å²) in [5.41, 5.74) is 7.40. The lowest BCUT2D eigenvalue weighted by Gasteiger charge is -2.27. The largest absolute Gasteiger partial charge is 0.474 e. The minimum absolute atomic E-state index is 0.0874. The van der Waals surface area contributed by atoms with Crippen molar-refractivity contribution in [1.29, 1.82) is 0 Å². The molecule has 1 amide bonds. The van der Waals surface area contributed by atoms with Crippen LogP contribution in [0.25, 0.3) is 0 Å². The summed E-state index contributed by atoms with van der Waals surface area (Å²) in [6.45, 7) is 5.11. The number of nitrogens with two attached hydrogens (primary N) is 1. The Morgan fingerprint density at radius 2 is 1.97 bits per heavy atom. The molecule has 0 radical (unpaired) electrons. The standard InChI is InChI=1S/C23H28Cl2N4O2/c1-14(31-22-5-3-17(26)11-28-22)18-12-29(23(30)15-6-8-27-9-7-15)13-19(18)16-2-4-20(24)21(25)10-16/h2-5,10-11,14-15,18-19,27H,6-9,12-13,26H2,1H3/t14-,18+,19+/m0/s1. The normalized spacial score (nSPS) is 23.0. The van der Waals surface area contributed by atoms with Gasteiger partial charge in [-0.2, -0.15) is 0 Å². The van der Waals surface area contributed by atoms with Crippen molar-refractivity contribution in [2.24, 2.45) is 11.8 Å². The van der Waals surface area contributed by atoms with E-state index in [9.17, 15) is 4.79 Å². The number of pyridine rings is 1. The maximum atomic E-state index is 13.2. The van der Waals surface area contributed by atoms with Gasteiger partial charge in [0.15, 0.2) is 0 Å². The third-order valence-electron chi connectivity index (χ3n) is 6.41. The first kappa shape index (κ1) is 22.2. The summed E-state index contributed by atoms with van der Waals surface area (Å²) in [5.74, 6) is 1.06. The van der Waals surface area contributed by atoms with Gasteiger partial charge in [-0.25, -0.2) is 4.98 Å². The number of aromatic nitrogens is 1. The molecule has 0 aliphatic carbocycles. The van der Waals surface area contributed by atoms with E-state index < -0.39 is 0 Å². The second kappa shape index (κ2) is 9.63. The van der Waals surface area contributed by atoms with Crippen molar-refractivity contribution in [3.63, 3.8) is 0 Å². The Balaban J connectivity index is 1.56. The monoisotopic (exact) mass is 462 g/mol. The molecule has 2 aliphatic heterocycles. The van der Waals surface area contributed by atoms with Gasteiger partial charge in [0.05, 0.1) is 21.9 Å². The predicted octanol–water partition coefficient (Wildman–Crippen LogP) is 3.98. The van der Waals surface area contributed by atoms with Gasteiger partial charge in [0.2, 0.25) is 11.8 Å². The fourth-order valence-corrected chi connectivity index (χ4v) is 4.95. The molecule has 1 aromatic heterocycles. The van der Waals surface area contributed by atoms with Gasteiger partial charge in [-0.3, -0.25) is 4.79 Å². The smallest absolute Gasteiger partial charge is 0.225 e. The Bertz CT molecular complexity index is 918. The first-order valence-corrected chi connectivity index (χ1v) is 11.5. The van der Waals surface area contributed by atoms with Gasteiger partial charge in [0, 0.05) is 36.9 Å². The number of hydrogen-bond acceptors (Lipinski definition) is 5. The van der Waals surface area contributed by atoms with Crippen molar-refractivity contribution in [2.75, 3.05) is 31.9 Å². The molecule has 4 rings (SSSR count). The van der Waals surface area contributed by atoms with Gasteiger partial charge in [0.1, 0.15) is 6.10 Å². The maximum absolute atomic E-state index is 13.2. The highest BCUT2D eigenvalue weighted by Crippen LogP contribution is 2.39. The predicted molar refractivity (Wildman–Crippen MR) is 124 cm³/mol. The fraction of sp³-hybridized carbons (Fsp3) is 0.478. The Labute approximate surface area is 193 Å². The molecule has 3 heterocycles. The lowest BCUT2D eigenvalue weighted by Crippen LogP contribution is -2.40. The molecule has 1 aromatic carbocycles. The van der Waals surface area contributed by atoms with Crippen molar-refractivity contribution in [3.8, 4) is 5.88 Å². The van der Waals surface area contributed by atoms with Crippen LogP contribution in [-0.2, 0) is 4.79 Å².